The van der Waals surface area contributed by atoms with Crippen LogP contribution in [-0.2, 0) is 4.74 Å². The molecule has 1 aliphatic carbocycles. The van der Waals surface area contributed by atoms with Gasteiger partial charge >= 0.3 is 5.51 Å². The van der Waals surface area contributed by atoms with Crippen molar-refractivity contribution < 1.29 is 17.9 Å². The van der Waals surface area contributed by atoms with Gasteiger partial charge in [0.25, 0.3) is 0 Å². The van der Waals surface area contributed by atoms with E-state index in [1.54, 1.807) is 0 Å². The summed E-state index contributed by atoms with van der Waals surface area (Å²) in [6.45, 7) is 7.30. The summed E-state index contributed by atoms with van der Waals surface area (Å²) in [5.41, 5.74) is -4.07. The third-order valence-electron chi connectivity index (χ3n) is 3.87. The van der Waals surface area contributed by atoms with Crippen molar-refractivity contribution in [3.8, 4) is 0 Å². The molecule has 0 aromatic carbocycles. The maximum Gasteiger partial charge on any atom is 0.441 e. The molecule has 1 rings (SSSR count). The lowest BCUT2D eigenvalue weighted by molar-refractivity contribution is -0.125. The molecule has 6 heteroatoms. The van der Waals surface area contributed by atoms with Crippen molar-refractivity contribution >= 4 is 11.8 Å². The first kappa shape index (κ1) is 16.1. The fraction of sp³-hybridized carbons (Fsp3) is 1.00. The largest absolute Gasteiger partial charge is 0.441 e. The zero-order valence-corrected chi connectivity index (χ0v) is 12.0. The quantitative estimate of drug-likeness (QED) is 0.724. The topological polar surface area (TPSA) is 21.3 Å². The van der Waals surface area contributed by atoms with E-state index in [-0.39, 0.29) is 35.1 Å². The Bertz CT molecular complexity index is 262. The smallest absolute Gasteiger partial charge is 0.378 e. The van der Waals surface area contributed by atoms with Gasteiger partial charge in [-0.1, -0.05) is 13.8 Å². The number of ether oxygens (including phenoxy) is 1. The van der Waals surface area contributed by atoms with Gasteiger partial charge < -0.3 is 10.1 Å². The molecule has 0 aromatic heterocycles. The van der Waals surface area contributed by atoms with Gasteiger partial charge in [0, 0.05) is 30.4 Å². The molecule has 0 spiro atoms. The Balaban J connectivity index is 2.28. The van der Waals surface area contributed by atoms with E-state index in [0.717, 1.165) is 12.8 Å². The predicted molar refractivity (Wildman–Crippen MR) is 68.7 cm³/mol. The van der Waals surface area contributed by atoms with Gasteiger partial charge in [0.05, 0.1) is 6.10 Å². The molecule has 0 aliphatic heterocycles. The first-order chi connectivity index (χ1) is 8.33. The Hall–Kier alpha value is 0.0600. The van der Waals surface area contributed by atoms with Gasteiger partial charge in [-0.2, -0.15) is 13.2 Å². The SMILES string of the molecule is CCOC1CC(NCCSC(F)(F)F)C1(C)CC. The van der Waals surface area contributed by atoms with E-state index < -0.39 is 5.51 Å². The second-order valence-corrected chi connectivity index (χ2v) is 6.00. The number of nitrogens with one attached hydrogen (secondary N) is 1. The summed E-state index contributed by atoms with van der Waals surface area (Å²) in [7, 11) is 0. The summed E-state index contributed by atoms with van der Waals surface area (Å²) in [6, 6.07) is 0.271. The monoisotopic (exact) mass is 285 g/mol. The van der Waals surface area contributed by atoms with E-state index in [4.69, 9.17) is 4.74 Å². The van der Waals surface area contributed by atoms with Crippen LogP contribution < -0.4 is 5.32 Å². The number of halogens is 3. The van der Waals surface area contributed by atoms with Crippen LogP contribution in [0.15, 0.2) is 0 Å². The van der Waals surface area contributed by atoms with Gasteiger partial charge in [-0.25, -0.2) is 0 Å². The van der Waals surface area contributed by atoms with E-state index in [1.807, 2.05) is 6.92 Å². The molecule has 0 heterocycles. The van der Waals surface area contributed by atoms with Gasteiger partial charge in [0.2, 0.25) is 0 Å². The maximum atomic E-state index is 12.0. The summed E-state index contributed by atoms with van der Waals surface area (Å²) < 4.78 is 41.6. The summed E-state index contributed by atoms with van der Waals surface area (Å²) >= 11 is 0.0352. The standard InChI is InChI=1S/C12H22F3NOS/c1-4-11(3)9(8-10(11)17-5-2)16-6-7-18-12(13,14)15/h9-10,16H,4-8H2,1-3H3. The molecule has 0 aromatic rings. The normalized spacial score (nSPS) is 32.3. The number of hydrogen-bond donors (Lipinski definition) is 1. The number of hydrogen-bond acceptors (Lipinski definition) is 3. The second-order valence-electron chi connectivity index (χ2n) is 4.84. The first-order valence-corrected chi connectivity index (χ1v) is 7.37. The fourth-order valence-electron chi connectivity index (χ4n) is 2.47. The van der Waals surface area contributed by atoms with Gasteiger partial charge in [0.15, 0.2) is 0 Å². The Labute approximate surface area is 111 Å². The minimum absolute atomic E-state index is 0.0352. The van der Waals surface area contributed by atoms with Crippen LogP contribution in [0.5, 0.6) is 0 Å². The van der Waals surface area contributed by atoms with Crippen molar-refractivity contribution in [2.45, 2.75) is 51.3 Å². The van der Waals surface area contributed by atoms with E-state index >= 15 is 0 Å². The van der Waals surface area contributed by atoms with E-state index in [0.29, 0.717) is 13.2 Å². The van der Waals surface area contributed by atoms with Crippen LogP contribution in [-0.4, -0.2) is 36.6 Å². The summed E-state index contributed by atoms with van der Waals surface area (Å²) in [5.74, 6) is 0.0685. The van der Waals surface area contributed by atoms with Crippen LogP contribution in [0.25, 0.3) is 0 Å². The lowest BCUT2D eigenvalue weighted by atomic mass is 9.61. The molecule has 1 fully saturated rings. The summed E-state index contributed by atoms with van der Waals surface area (Å²) in [4.78, 5) is 0. The van der Waals surface area contributed by atoms with Crippen LogP contribution >= 0.6 is 11.8 Å². The van der Waals surface area contributed by atoms with Gasteiger partial charge in [-0.3, -0.25) is 0 Å². The molecular weight excluding hydrogens is 263 g/mol. The van der Waals surface area contributed by atoms with E-state index in [2.05, 4.69) is 19.2 Å². The highest BCUT2D eigenvalue weighted by Gasteiger charge is 2.50. The Morgan fingerprint density at radius 3 is 2.56 bits per heavy atom. The summed E-state index contributed by atoms with van der Waals surface area (Å²) in [5, 5.41) is 3.22. The Kier molecular flexibility index (Phi) is 5.80. The highest BCUT2D eigenvalue weighted by molar-refractivity contribution is 8.00. The van der Waals surface area contributed by atoms with Gasteiger partial charge in [-0.05, 0) is 31.5 Å². The van der Waals surface area contributed by atoms with Crippen molar-refractivity contribution in [2.75, 3.05) is 18.9 Å². The molecule has 1 N–H and O–H groups in total. The number of rotatable bonds is 7. The highest BCUT2D eigenvalue weighted by Crippen LogP contribution is 2.45. The second kappa shape index (κ2) is 6.48. The van der Waals surface area contributed by atoms with Crippen LogP contribution in [0.4, 0.5) is 13.2 Å². The number of alkyl halides is 3. The molecule has 108 valence electrons. The minimum atomic E-state index is -4.12. The average molecular weight is 285 g/mol. The average Bonchev–Trinajstić information content (AvgIpc) is 2.29. The maximum absolute atomic E-state index is 12.0. The lowest BCUT2D eigenvalue weighted by Gasteiger charge is -2.53. The zero-order chi connectivity index (χ0) is 13.8. The van der Waals surface area contributed by atoms with Gasteiger partial charge in [0.1, 0.15) is 0 Å². The molecule has 0 bridgehead atoms. The van der Waals surface area contributed by atoms with Crippen molar-refractivity contribution in [3.05, 3.63) is 0 Å². The van der Waals surface area contributed by atoms with E-state index in [1.165, 1.54) is 0 Å². The first-order valence-electron chi connectivity index (χ1n) is 6.39. The molecule has 3 atom stereocenters. The van der Waals surface area contributed by atoms with Crippen molar-refractivity contribution in [3.63, 3.8) is 0 Å². The van der Waals surface area contributed by atoms with Crippen LogP contribution in [0.2, 0.25) is 0 Å². The molecule has 3 unspecified atom stereocenters. The minimum Gasteiger partial charge on any atom is -0.378 e. The molecule has 18 heavy (non-hydrogen) atoms. The zero-order valence-electron chi connectivity index (χ0n) is 11.1. The van der Waals surface area contributed by atoms with Gasteiger partial charge in [-0.15, -0.1) is 0 Å². The highest BCUT2D eigenvalue weighted by atomic mass is 32.2. The Morgan fingerprint density at radius 2 is 2.06 bits per heavy atom. The fourth-order valence-corrected chi connectivity index (χ4v) is 2.92. The van der Waals surface area contributed by atoms with Crippen molar-refractivity contribution in [1.29, 1.82) is 0 Å². The third-order valence-corrected chi connectivity index (χ3v) is 4.61. The molecule has 2 nitrogen and oxygen atoms in total. The molecule has 0 amide bonds. The molecule has 0 radical (unpaired) electrons. The van der Waals surface area contributed by atoms with Crippen molar-refractivity contribution in [1.82, 2.24) is 5.32 Å². The molecule has 1 aliphatic rings. The van der Waals surface area contributed by atoms with Crippen molar-refractivity contribution in [2.24, 2.45) is 5.41 Å². The summed E-state index contributed by atoms with van der Waals surface area (Å²) in [6.07, 6.45) is 2.11. The van der Waals surface area contributed by atoms with Crippen LogP contribution in [0.1, 0.15) is 33.6 Å². The molecular formula is C12H22F3NOS. The predicted octanol–water partition coefficient (Wildman–Crippen LogP) is 3.42. The van der Waals surface area contributed by atoms with E-state index in [9.17, 15) is 13.2 Å². The third kappa shape index (κ3) is 4.03. The molecule has 1 saturated carbocycles. The number of thioether (sulfide) groups is 1. The lowest BCUT2D eigenvalue weighted by Crippen LogP contribution is -2.62. The Morgan fingerprint density at radius 1 is 1.39 bits per heavy atom. The molecule has 0 saturated heterocycles. The van der Waals surface area contributed by atoms with Crippen LogP contribution in [0.3, 0.4) is 0 Å². The van der Waals surface area contributed by atoms with Crippen LogP contribution in [0, 0.1) is 5.41 Å².